The molecule has 0 aliphatic rings. The second kappa shape index (κ2) is 14.0. The van der Waals surface area contributed by atoms with Gasteiger partial charge in [-0.25, -0.2) is 0 Å². The van der Waals surface area contributed by atoms with Crippen LogP contribution in [0.25, 0.3) is 76.5 Å². The fourth-order valence-corrected chi connectivity index (χ4v) is 8.76. The van der Waals surface area contributed by atoms with Gasteiger partial charge in [0.05, 0.1) is 6.04 Å². The first kappa shape index (κ1) is 33.6. The Balaban J connectivity index is 1.11. The molecule has 10 rings (SSSR count). The molecule has 0 aliphatic heterocycles. The summed E-state index contributed by atoms with van der Waals surface area (Å²) in [6.45, 7) is 4.52. The van der Waals surface area contributed by atoms with Gasteiger partial charge >= 0.3 is 0 Å². The highest BCUT2D eigenvalue weighted by molar-refractivity contribution is 6.22. The van der Waals surface area contributed by atoms with Crippen molar-refractivity contribution in [1.82, 2.24) is 0 Å². The average molecular weight is 716 g/mol. The third-order valence-electron chi connectivity index (χ3n) is 11.6. The van der Waals surface area contributed by atoms with Crippen molar-refractivity contribution < 1.29 is 0 Å². The third kappa shape index (κ3) is 5.90. The predicted molar refractivity (Wildman–Crippen MR) is 241 cm³/mol. The number of anilines is 2. The van der Waals surface area contributed by atoms with Gasteiger partial charge in [0.25, 0.3) is 0 Å². The predicted octanol–water partition coefficient (Wildman–Crippen LogP) is 15.5. The van der Waals surface area contributed by atoms with Crippen molar-refractivity contribution in [2.75, 3.05) is 4.90 Å². The van der Waals surface area contributed by atoms with Crippen LogP contribution in [0.2, 0.25) is 0 Å². The van der Waals surface area contributed by atoms with Crippen LogP contribution in [0.1, 0.15) is 24.1 Å². The number of hydrogen-bond acceptors (Lipinski definition) is 1. The summed E-state index contributed by atoms with van der Waals surface area (Å²) in [5.41, 5.74) is 12.4. The van der Waals surface area contributed by atoms with Gasteiger partial charge in [-0.1, -0.05) is 176 Å². The van der Waals surface area contributed by atoms with Crippen LogP contribution in [0.15, 0.2) is 206 Å². The number of aryl methyl sites for hydroxylation is 1. The van der Waals surface area contributed by atoms with Crippen molar-refractivity contribution in [3.05, 3.63) is 217 Å². The average Bonchev–Trinajstić information content (AvgIpc) is 3.26. The van der Waals surface area contributed by atoms with Gasteiger partial charge in [0, 0.05) is 11.4 Å². The Morgan fingerprint density at radius 3 is 1.61 bits per heavy atom. The molecule has 0 fully saturated rings. The molecule has 10 aromatic carbocycles. The Morgan fingerprint density at radius 1 is 0.357 bits per heavy atom. The molecule has 56 heavy (non-hydrogen) atoms. The van der Waals surface area contributed by atoms with Gasteiger partial charge in [0.2, 0.25) is 0 Å². The minimum Gasteiger partial charge on any atom is -0.334 e. The molecule has 1 heteroatoms. The van der Waals surface area contributed by atoms with Crippen LogP contribution < -0.4 is 4.90 Å². The van der Waals surface area contributed by atoms with Crippen LogP contribution in [0.3, 0.4) is 0 Å². The summed E-state index contributed by atoms with van der Waals surface area (Å²) in [5, 5.41) is 10.0. The van der Waals surface area contributed by atoms with E-state index in [1.807, 2.05) is 0 Å². The van der Waals surface area contributed by atoms with Crippen LogP contribution in [0.5, 0.6) is 0 Å². The molecule has 1 atom stereocenters. The van der Waals surface area contributed by atoms with Crippen molar-refractivity contribution in [3.8, 4) is 33.4 Å². The number of fused-ring (bicyclic) bond motifs is 4. The number of rotatable bonds is 7. The molecule has 0 amide bonds. The van der Waals surface area contributed by atoms with Gasteiger partial charge in [0.15, 0.2) is 0 Å². The fraction of sp³-hybridized carbons (Fsp3) is 0.0545. The lowest BCUT2D eigenvalue weighted by atomic mass is 9.84. The lowest BCUT2D eigenvalue weighted by Gasteiger charge is -2.33. The SMILES string of the molecule is Cc1ccccc1N(c1ccc2ccccc2c1)C(C)c1ccc(-c2ccc3c(-c4ccccc4)c4ccccc4c(-c4ccc5ccccc5c4)c3c2)cc1. The number of hydrogen-bond donors (Lipinski definition) is 0. The summed E-state index contributed by atoms with van der Waals surface area (Å²) in [4.78, 5) is 2.48. The molecule has 1 nitrogen and oxygen atoms in total. The van der Waals surface area contributed by atoms with E-state index in [-0.39, 0.29) is 6.04 Å². The molecule has 0 saturated carbocycles. The van der Waals surface area contributed by atoms with E-state index in [2.05, 4.69) is 225 Å². The lowest BCUT2D eigenvalue weighted by Crippen LogP contribution is -2.22. The fourth-order valence-electron chi connectivity index (χ4n) is 8.76. The van der Waals surface area contributed by atoms with E-state index < -0.39 is 0 Å². The first-order valence-electron chi connectivity index (χ1n) is 19.6. The zero-order chi connectivity index (χ0) is 37.6. The molecule has 266 valence electrons. The molecule has 0 radical (unpaired) electrons. The van der Waals surface area contributed by atoms with Gasteiger partial charge < -0.3 is 4.90 Å². The normalized spacial score (nSPS) is 12.0. The van der Waals surface area contributed by atoms with Gasteiger partial charge in [-0.3, -0.25) is 0 Å². The summed E-state index contributed by atoms with van der Waals surface area (Å²) in [5.74, 6) is 0. The van der Waals surface area contributed by atoms with Crippen molar-refractivity contribution in [2.24, 2.45) is 0 Å². The minimum absolute atomic E-state index is 0.0993. The van der Waals surface area contributed by atoms with E-state index >= 15 is 0 Å². The van der Waals surface area contributed by atoms with Crippen molar-refractivity contribution in [3.63, 3.8) is 0 Å². The summed E-state index contributed by atoms with van der Waals surface area (Å²) in [6, 6.07) is 75.9. The number of nitrogens with zero attached hydrogens (tertiary/aromatic N) is 1. The molecular formula is C55H41N. The highest BCUT2D eigenvalue weighted by Crippen LogP contribution is 2.46. The molecule has 0 heterocycles. The van der Waals surface area contributed by atoms with Gasteiger partial charge in [-0.2, -0.15) is 0 Å². The summed E-state index contributed by atoms with van der Waals surface area (Å²) in [6.07, 6.45) is 0. The maximum atomic E-state index is 2.48. The molecule has 0 aromatic heterocycles. The largest absolute Gasteiger partial charge is 0.334 e. The van der Waals surface area contributed by atoms with Crippen LogP contribution in [-0.2, 0) is 0 Å². The maximum absolute atomic E-state index is 2.48. The van der Waals surface area contributed by atoms with Crippen molar-refractivity contribution >= 4 is 54.5 Å². The molecule has 0 bridgehead atoms. The Bertz CT molecular complexity index is 3050. The zero-order valence-electron chi connectivity index (χ0n) is 31.7. The molecule has 0 aliphatic carbocycles. The first-order valence-corrected chi connectivity index (χ1v) is 19.6. The Labute approximate surface area is 328 Å². The molecule has 0 spiro atoms. The van der Waals surface area contributed by atoms with E-state index in [1.165, 1.54) is 99.0 Å². The Kier molecular flexibility index (Phi) is 8.42. The van der Waals surface area contributed by atoms with Crippen molar-refractivity contribution in [1.29, 1.82) is 0 Å². The molecule has 10 aromatic rings. The summed E-state index contributed by atoms with van der Waals surface area (Å²) < 4.78 is 0. The number of para-hydroxylation sites is 1. The van der Waals surface area contributed by atoms with E-state index in [0.29, 0.717) is 0 Å². The Morgan fingerprint density at radius 2 is 0.893 bits per heavy atom. The summed E-state index contributed by atoms with van der Waals surface area (Å²) >= 11 is 0. The van der Waals surface area contributed by atoms with Gasteiger partial charge in [0.1, 0.15) is 0 Å². The zero-order valence-corrected chi connectivity index (χ0v) is 31.7. The second-order valence-corrected chi connectivity index (χ2v) is 15.0. The van der Waals surface area contributed by atoms with E-state index in [9.17, 15) is 0 Å². The second-order valence-electron chi connectivity index (χ2n) is 15.0. The van der Waals surface area contributed by atoms with E-state index in [1.54, 1.807) is 0 Å². The van der Waals surface area contributed by atoms with Crippen molar-refractivity contribution in [2.45, 2.75) is 19.9 Å². The van der Waals surface area contributed by atoms with Crippen LogP contribution in [-0.4, -0.2) is 0 Å². The topological polar surface area (TPSA) is 3.24 Å². The molecule has 1 unspecified atom stereocenters. The quantitative estimate of drug-likeness (QED) is 0.149. The van der Waals surface area contributed by atoms with Crippen LogP contribution in [0, 0.1) is 6.92 Å². The van der Waals surface area contributed by atoms with Crippen LogP contribution in [0.4, 0.5) is 11.4 Å². The monoisotopic (exact) mass is 715 g/mol. The smallest absolute Gasteiger partial charge is 0.0563 e. The van der Waals surface area contributed by atoms with Gasteiger partial charge in [-0.05, 0) is 132 Å². The molecular weight excluding hydrogens is 675 g/mol. The minimum atomic E-state index is 0.0993. The van der Waals surface area contributed by atoms with Crippen LogP contribution >= 0.6 is 0 Å². The van der Waals surface area contributed by atoms with Gasteiger partial charge in [-0.15, -0.1) is 0 Å². The highest BCUT2D eigenvalue weighted by Gasteiger charge is 2.22. The standard InChI is InChI=1S/C55H41N/c1-37-14-6-13-23-53(37)56(48-32-30-41-16-8-10-20-45(41)35-48)38(2)39-24-26-42(27-25-39)46-31-33-51-52(36-46)55(47-29-28-40-15-7-9-19-44(40)34-47)50-22-12-11-21-49(50)54(51)43-17-4-3-5-18-43/h3-36,38H,1-2H3. The first-order chi connectivity index (χ1) is 27.6. The highest BCUT2D eigenvalue weighted by atomic mass is 15.2. The summed E-state index contributed by atoms with van der Waals surface area (Å²) in [7, 11) is 0. The van der Waals surface area contributed by atoms with E-state index in [4.69, 9.17) is 0 Å². The lowest BCUT2D eigenvalue weighted by molar-refractivity contribution is 0.772. The molecule has 0 saturated heterocycles. The third-order valence-corrected chi connectivity index (χ3v) is 11.6. The Hall–Kier alpha value is -6.96. The molecule has 0 N–H and O–H groups in total. The number of benzene rings is 10. The maximum Gasteiger partial charge on any atom is 0.0563 e. The van der Waals surface area contributed by atoms with E-state index in [0.717, 1.165) is 0 Å².